The highest BCUT2D eigenvalue weighted by Crippen LogP contribution is 2.33. The Bertz CT molecular complexity index is 1220. The van der Waals surface area contributed by atoms with Crippen molar-refractivity contribution in [3.63, 3.8) is 0 Å². The van der Waals surface area contributed by atoms with Gasteiger partial charge in [-0.25, -0.2) is 4.98 Å². The molecular weight excluding hydrogens is 380 g/mol. The first-order chi connectivity index (χ1) is 14.2. The highest BCUT2D eigenvalue weighted by molar-refractivity contribution is 6.02. The summed E-state index contributed by atoms with van der Waals surface area (Å²) in [6.45, 7) is 8.56. The van der Waals surface area contributed by atoms with Crippen molar-refractivity contribution in [3.05, 3.63) is 63.3 Å². The number of hydrogen-bond acceptors (Lipinski definition) is 4. The molecule has 0 aliphatic heterocycles. The summed E-state index contributed by atoms with van der Waals surface area (Å²) in [5, 5.41) is 2.87. The van der Waals surface area contributed by atoms with Crippen LogP contribution in [0.25, 0.3) is 11.0 Å². The number of aryl methyl sites for hydroxylation is 1. The number of benzene rings is 1. The van der Waals surface area contributed by atoms with Crippen LogP contribution in [0, 0.1) is 5.41 Å². The van der Waals surface area contributed by atoms with Crippen molar-refractivity contribution < 1.29 is 9.59 Å². The maximum Gasteiger partial charge on any atom is 0.261 e. The molecule has 0 saturated heterocycles. The lowest BCUT2D eigenvalue weighted by Gasteiger charge is -2.29. The fraction of sp³-hybridized carbons (Fsp3) is 0.391. The van der Waals surface area contributed by atoms with Gasteiger partial charge in [0.15, 0.2) is 5.78 Å². The van der Waals surface area contributed by atoms with Gasteiger partial charge in [0.25, 0.3) is 11.5 Å². The summed E-state index contributed by atoms with van der Waals surface area (Å²) in [6.07, 6.45) is 0.992. The van der Waals surface area contributed by atoms with Gasteiger partial charge in [0.2, 0.25) is 0 Å². The number of para-hydroxylation sites is 2. The molecule has 7 nitrogen and oxygen atoms in total. The summed E-state index contributed by atoms with van der Waals surface area (Å²) < 4.78 is 2.04. The molecule has 2 aromatic heterocycles. The zero-order valence-electron chi connectivity index (χ0n) is 17.7. The molecule has 1 amide bonds. The highest BCUT2D eigenvalue weighted by Gasteiger charge is 2.33. The molecule has 0 radical (unpaired) electrons. The van der Waals surface area contributed by atoms with Crippen molar-refractivity contribution in [2.45, 2.75) is 53.1 Å². The van der Waals surface area contributed by atoms with E-state index in [0.29, 0.717) is 30.6 Å². The second-order valence-corrected chi connectivity index (χ2v) is 8.74. The molecule has 0 spiro atoms. The van der Waals surface area contributed by atoms with Crippen molar-refractivity contribution in [2.75, 3.05) is 0 Å². The van der Waals surface area contributed by atoms with Gasteiger partial charge in [-0.2, -0.15) is 0 Å². The van der Waals surface area contributed by atoms with Gasteiger partial charge >= 0.3 is 0 Å². The van der Waals surface area contributed by atoms with E-state index in [2.05, 4.69) is 15.3 Å². The summed E-state index contributed by atoms with van der Waals surface area (Å²) >= 11 is 0. The molecule has 156 valence electrons. The fourth-order valence-electron chi connectivity index (χ4n) is 4.29. The van der Waals surface area contributed by atoms with Crippen LogP contribution >= 0.6 is 0 Å². The monoisotopic (exact) mass is 406 g/mol. The molecule has 1 aromatic carbocycles. The third kappa shape index (κ3) is 3.44. The number of imidazole rings is 1. The standard InChI is InChI=1S/C23H26N4O3/c1-5-27-18-9-7-6-8-16(18)25-20(27)13(2)24-21(29)15-10-14-17(26-22(15)30)11-23(3,4)12-19(14)28/h6-10,13H,5,11-12H2,1-4H3,(H,24,29)(H,26,30). The van der Waals surface area contributed by atoms with E-state index >= 15 is 0 Å². The second-order valence-electron chi connectivity index (χ2n) is 8.74. The minimum atomic E-state index is -0.515. The second kappa shape index (κ2) is 7.23. The molecule has 4 rings (SSSR count). The fourth-order valence-corrected chi connectivity index (χ4v) is 4.29. The molecular formula is C23H26N4O3. The molecule has 1 aliphatic rings. The molecule has 2 heterocycles. The maximum atomic E-state index is 12.9. The topological polar surface area (TPSA) is 96.9 Å². The molecule has 1 aliphatic carbocycles. The summed E-state index contributed by atoms with van der Waals surface area (Å²) in [7, 11) is 0. The predicted molar refractivity (Wildman–Crippen MR) is 115 cm³/mol. The van der Waals surface area contributed by atoms with Gasteiger partial charge in [0.1, 0.15) is 11.4 Å². The molecule has 1 atom stereocenters. The van der Waals surface area contributed by atoms with Crippen LogP contribution in [0.5, 0.6) is 0 Å². The highest BCUT2D eigenvalue weighted by atomic mass is 16.2. The minimum absolute atomic E-state index is 0.0483. The van der Waals surface area contributed by atoms with Gasteiger partial charge < -0.3 is 14.9 Å². The molecule has 0 fully saturated rings. The van der Waals surface area contributed by atoms with Gasteiger partial charge in [0.05, 0.1) is 17.1 Å². The minimum Gasteiger partial charge on any atom is -0.342 e. The van der Waals surface area contributed by atoms with Crippen LogP contribution in [0.1, 0.15) is 72.4 Å². The number of pyridine rings is 1. The number of nitrogens with one attached hydrogen (secondary N) is 2. The van der Waals surface area contributed by atoms with Gasteiger partial charge in [-0.15, -0.1) is 0 Å². The molecule has 1 unspecified atom stereocenters. The Morgan fingerprint density at radius 2 is 2.00 bits per heavy atom. The number of rotatable bonds is 4. The number of ketones is 1. The van der Waals surface area contributed by atoms with E-state index in [9.17, 15) is 14.4 Å². The Balaban J connectivity index is 1.64. The first-order valence-corrected chi connectivity index (χ1v) is 10.3. The number of nitrogens with zero attached hydrogens (tertiary/aromatic N) is 2. The zero-order chi connectivity index (χ0) is 21.6. The number of aromatic amines is 1. The zero-order valence-corrected chi connectivity index (χ0v) is 17.7. The van der Waals surface area contributed by atoms with Crippen molar-refractivity contribution in [3.8, 4) is 0 Å². The maximum absolute atomic E-state index is 12.9. The van der Waals surface area contributed by atoms with Crippen molar-refractivity contribution >= 4 is 22.7 Å². The van der Waals surface area contributed by atoms with E-state index < -0.39 is 17.5 Å². The number of fused-ring (bicyclic) bond motifs is 2. The largest absolute Gasteiger partial charge is 0.342 e. The number of amides is 1. The van der Waals surface area contributed by atoms with Crippen molar-refractivity contribution in [1.82, 2.24) is 19.9 Å². The summed E-state index contributed by atoms with van der Waals surface area (Å²) in [5.41, 5.74) is 2.17. The Hall–Kier alpha value is -3.22. The van der Waals surface area contributed by atoms with E-state index in [1.807, 2.05) is 56.5 Å². The third-order valence-corrected chi connectivity index (χ3v) is 5.70. The lowest BCUT2D eigenvalue weighted by molar-refractivity contribution is 0.0910. The van der Waals surface area contributed by atoms with Crippen LogP contribution in [0.3, 0.4) is 0 Å². The Morgan fingerprint density at radius 1 is 1.27 bits per heavy atom. The number of Topliss-reactive ketones (excluding diaryl/α,β-unsaturated/α-hetero) is 1. The quantitative estimate of drug-likeness (QED) is 0.694. The van der Waals surface area contributed by atoms with Gasteiger partial charge in [-0.3, -0.25) is 14.4 Å². The van der Waals surface area contributed by atoms with Crippen LogP contribution in [0.2, 0.25) is 0 Å². The molecule has 30 heavy (non-hydrogen) atoms. The van der Waals surface area contributed by atoms with Gasteiger partial charge in [0, 0.05) is 24.2 Å². The number of hydrogen-bond donors (Lipinski definition) is 2. The molecule has 0 bridgehead atoms. The smallest absolute Gasteiger partial charge is 0.261 e. The normalized spacial score (nSPS) is 16.3. The SMILES string of the molecule is CCn1c(C(C)NC(=O)c2cc3c([nH]c2=O)CC(C)(C)CC3=O)nc2ccccc21. The Labute approximate surface area is 174 Å². The Kier molecular flexibility index (Phi) is 4.84. The number of carbonyl (C=O) groups excluding carboxylic acids is 2. The van der Waals surface area contributed by atoms with E-state index in [1.54, 1.807) is 0 Å². The van der Waals surface area contributed by atoms with Crippen LogP contribution in [0.4, 0.5) is 0 Å². The van der Waals surface area contributed by atoms with E-state index in [0.717, 1.165) is 16.9 Å². The Morgan fingerprint density at radius 3 is 2.73 bits per heavy atom. The summed E-state index contributed by atoms with van der Waals surface area (Å²) in [5.74, 6) is 0.158. The lowest BCUT2D eigenvalue weighted by atomic mass is 9.75. The molecule has 7 heteroatoms. The van der Waals surface area contributed by atoms with Crippen LogP contribution in [-0.4, -0.2) is 26.2 Å². The first-order valence-electron chi connectivity index (χ1n) is 10.3. The summed E-state index contributed by atoms with van der Waals surface area (Å²) in [6, 6.07) is 8.83. The average Bonchev–Trinajstić information content (AvgIpc) is 3.05. The number of H-pyrrole nitrogens is 1. The average molecular weight is 406 g/mol. The molecule has 2 N–H and O–H groups in total. The van der Waals surface area contributed by atoms with Crippen LogP contribution in [0.15, 0.2) is 35.1 Å². The van der Waals surface area contributed by atoms with Crippen LogP contribution in [-0.2, 0) is 13.0 Å². The molecule has 0 saturated carbocycles. The number of aromatic nitrogens is 3. The van der Waals surface area contributed by atoms with Crippen LogP contribution < -0.4 is 10.9 Å². The lowest BCUT2D eigenvalue weighted by Crippen LogP contribution is -2.36. The molecule has 3 aromatic rings. The van der Waals surface area contributed by atoms with E-state index in [4.69, 9.17) is 0 Å². The predicted octanol–water partition coefficient (Wildman–Crippen LogP) is 3.39. The van der Waals surface area contributed by atoms with Crippen molar-refractivity contribution in [1.29, 1.82) is 0 Å². The van der Waals surface area contributed by atoms with Crippen molar-refractivity contribution in [2.24, 2.45) is 5.41 Å². The van der Waals surface area contributed by atoms with Gasteiger partial charge in [-0.1, -0.05) is 26.0 Å². The summed E-state index contributed by atoms with van der Waals surface area (Å²) in [4.78, 5) is 45.5. The number of carbonyl (C=O) groups is 2. The van der Waals surface area contributed by atoms with E-state index in [-0.39, 0.29) is 16.8 Å². The first kappa shape index (κ1) is 20.1. The van der Waals surface area contributed by atoms with E-state index in [1.165, 1.54) is 6.07 Å². The van der Waals surface area contributed by atoms with Gasteiger partial charge in [-0.05, 0) is 43.9 Å². The third-order valence-electron chi connectivity index (χ3n) is 5.70.